The lowest BCUT2D eigenvalue weighted by Gasteiger charge is -2.30. The topological polar surface area (TPSA) is 57.6 Å². The van der Waals surface area contributed by atoms with Crippen LogP contribution >= 0.6 is 0 Å². The molecule has 1 aromatic carbocycles. The molecule has 3 rings (SSSR count). The standard InChI is InChI=1S/C17H23N3O2/c1-13(21)11-18-12-15-10-14-4-2-3-5-16(14)19-17(15)20-6-8-22-9-7-20/h2-5,10,13,18,21H,6-9,11-12H2,1H3/t13-/m1/s1. The van der Waals surface area contributed by atoms with E-state index in [2.05, 4.69) is 22.3 Å². The molecule has 1 saturated heterocycles. The molecule has 118 valence electrons. The maximum atomic E-state index is 9.42. The lowest BCUT2D eigenvalue weighted by Crippen LogP contribution is -2.38. The summed E-state index contributed by atoms with van der Waals surface area (Å²) in [6.07, 6.45) is -0.347. The Morgan fingerprint density at radius 1 is 1.32 bits per heavy atom. The molecule has 2 N–H and O–H groups in total. The minimum absolute atomic E-state index is 0.347. The average molecular weight is 301 g/mol. The van der Waals surface area contributed by atoms with Crippen molar-refractivity contribution in [1.29, 1.82) is 0 Å². The van der Waals surface area contributed by atoms with Crippen LogP contribution in [0, 0.1) is 0 Å². The lowest BCUT2D eigenvalue weighted by atomic mass is 10.1. The number of rotatable bonds is 5. The van der Waals surface area contributed by atoms with Gasteiger partial charge in [0, 0.05) is 37.1 Å². The molecule has 1 aliphatic heterocycles. The van der Waals surface area contributed by atoms with E-state index in [1.807, 2.05) is 18.2 Å². The van der Waals surface area contributed by atoms with Crippen molar-refractivity contribution < 1.29 is 9.84 Å². The van der Waals surface area contributed by atoms with Crippen molar-refractivity contribution in [2.75, 3.05) is 37.7 Å². The van der Waals surface area contributed by atoms with E-state index in [9.17, 15) is 5.11 Å². The van der Waals surface area contributed by atoms with Gasteiger partial charge in [0.1, 0.15) is 5.82 Å². The molecule has 0 aliphatic carbocycles. The first-order chi connectivity index (χ1) is 10.7. The van der Waals surface area contributed by atoms with E-state index in [-0.39, 0.29) is 6.10 Å². The summed E-state index contributed by atoms with van der Waals surface area (Å²) >= 11 is 0. The second-order valence-electron chi connectivity index (χ2n) is 5.74. The fourth-order valence-electron chi connectivity index (χ4n) is 2.74. The van der Waals surface area contributed by atoms with Crippen LogP contribution < -0.4 is 10.2 Å². The van der Waals surface area contributed by atoms with Gasteiger partial charge in [-0.3, -0.25) is 0 Å². The van der Waals surface area contributed by atoms with Crippen molar-refractivity contribution in [3.05, 3.63) is 35.9 Å². The fourth-order valence-corrected chi connectivity index (χ4v) is 2.74. The smallest absolute Gasteiger partial charge is 0.133 e. The molecule has 0 saturated carbocycles. The third-order valence-corrected chi connectivity index (χ3v) is 3.85. The Labute approximate surface area is 130 Å². The molecule has 1 aromatic heterocycles. The molecule has 0 amide bonds. The molecule has 0 spiro atoms. The SMILES string of the molecule is C[C@@H](O)CNCc1cc2ccccc2nc1N1CCOCC1. The average Bonchev–Trinajstić information content (AvgIpc) is 2.54. The highest BCUT2D eigenvalue weighted by Crippen LogP contribution is 2.24. The van der Waals surface area contributed by atoms with E-state index >= 15 is 0 Å². The molecular weight excluding hydrogens is 278 g/mol. The molecular formula is C17H23N3O2. The molecule has 5 heteroatoms. The van der Waals surface area contributed by atoms with Gasteiger partial charge >= 0.3 is 0 Å². The van der Waals surface area contributed by atoms with Crippen LogP contribution in [0.1, 0.15) is 12.5 Å². The highest BCUT2D eigenvalue weighted by molar-refractivity contribution is 5.81. The predicted molar refractivity (Wildman–Crippen MR) is 88.2 cm³/mol. The Morgan fingerprint density at radius 2 is 2.09 bits per heavy atom. The Bertz CT molecular complexity index is 624. The first kappa shape index (κ1) is 15.2. The molecule has 5 nitrogen and oxygen atoms in total. The third-order valence-electron chi connectivity index (χ3n) is 3.85. The van der Waals surface area contributed by atoms with Crippen molar-refractivity contribution in [3.8, 4) is 0 Å². The number of benzene rings is 1. The predicted octanol–water partition coefficient (Wildman–Crippen LogP) is 1.54. The van der Waals surface area contributed by atoms with E-state index in [0.717, 1.165) is 43.0 Å². The highest BCUT2D eigenvalue weighted by Gasteiger charge is 2.17. The second kappa shape index (κ2) is 7.05. The van der Waals surface area contributed by atoms with Gasteiger partial charge in [-0.1, -0.05) is 18.2 Å². The number of aliphatic hydroxyl groups is 1. The summed E-state index contributed by atoms with van der Waals surface area (Å²) in [7, 11) is 0. The number of aliphatic hydroxyl groups excluding tert-OH is 1. The van der Waals surface area contributed by atoms with Gasteiger partial charge in [0.15, 0.2) is 0 Å². The van der Waals surface area contributed by atoms with Crippen molar-refractivity contribution in [2.24, 2.45) is 0 Å². The number of anilines is 1. The summed E-state index contributed by atoms with van der Waals surface area (Å²) in [4.78, 5) is 7.15. The molecule has 2 aromatic rings. The number of nitrogens with zero attached hydrogens (tertiary/aromatic N) is 2. The zero-order valence-corrected chi connectivity index (χ0v) is 13.0. The normalized spacial score (nSPS) is 16.9. The van der Waals surface area contributed by atoms with Crippen LogP contribution in [0.25, 0.3) is 10.9 Å². The molecule has 0 unspecified atom stereocenters. The summed E-state index contributed by atoms with van der Waals surface area (Å²) in [5, 5.41) is 13.9. The summed E-state index contributed by atoms with van der Waals surface area (Å²) < 4.78 is 5.44. The van der Waals surface area contributed by atoms with Crippen LogP contribution in [0.3, 0.4) is 0 Å². The van der Waals surface area contributed by atoms with Crippen LogP contribution in [-0.2, 0) is 11.3 Å². The van der Waals surface area contributed by atoms with Crippen molar-refractivity contribution in [3.63, 3.8) is 0 Å². The number of fused-ring (bicyclic) bond motifs is 1. The van der Waals surface area contributed by atoms with Gasteiger partial charge in [0.05, 0.1) is 24.8 Å². The van der Waals surface area contributed by atoms with Crippen LogP contribution in [-0.4, -0.2) is 49.0 Å². The molecule has 1 aliphatic rings. The monoisotopic (exact) mass is 301 g/mol. The zero-order chi connectivity index (χ0) is 15.4. The molecule has 22 heavy (non-hydrogen) atoms. The number of hydrogen-bond donors (Lipinski definition) is 2. The van der Waals surface area contributed by atoms with E-state index in [4.69, 9.17) is 9.72 Å². The lowest BCUT2D eigenvalue weighted by molar-refractivity contribution is 0.122. The Balaban J connectivity index is 1.90. The van der Waals surface area contributed by atoms with Gasteiger partial charge in [-0.2, -0.15) is 0 Å². The maximum Gasteiger partial charge on any atom is 0.133 e. The first-order valence-corrected chi connectivity index (χ1v) is 7.84. The van der Waals surface area contributed by atoms with Crippen molar-refractivity contribution in [1.82, 2.24) is 10.3 Å². The van der Waals surface area contributed by atoms with E-state index in [1.54, 1.807) is 6.92 Å². The Hall–Kier alpha value is -1.69. The molecule has 0 radical (unpaired) electrons. The van der Waals surface area contributed by atoms with Gasteiger partial charge in [0.25, 0.3) is 0 Å². The number of para-hydroxylation sites is 1. The van der Waals surface area contributed by atoms with Crippen molar-refractivity contribution >= 4 is 16.7 Å². The van der Waals surface area contributed by atoms with E-state index in [1.165, 1.54) is 5.56 Å². The molecule has 1 fully saturated rings. The number of pyridine rings is 1. The van der Waals surface area contributed by atoms with Crippen LogP contribution in [0.2, 0.25) is 0 Å². The third kappa shape index (κ3) is 3.55. The summed E-state index contributed by atoms with van der Waals surface area (Å²) in [6.45, 7) is 6.30. The molecule has 2 heterocycles. The number of hydrogen-bond acceptors (Lipinski definition) is 5. The van der Waals surface area contributed by atoms with Crippen molar-refractivity contribution in [2.45, 2.75) is 19.6 Å². The largest absolute Gasteiger partial charge is 0.392 e. The van der Waals surface area contributed by atoms with Crippen LogP contribution in [0.15, 0.2) is 30.3 Å². The van der Waals surface area contributed by atoms with E-state index in [0.29, 0.717) is 13.1 Å². The van der Waals surface area contributed by atoms with Gasteiger partial charge in [0.2, 0.25) is 0 Å². The zero-order valence-electron chi connectivity index (χ0n) is 13.0. The minimum atomic E-state index is -0.347. The van der Waals surface area contributed by atoms with Crippen LogP contribution in [0.5, 0.6) is 0 Å². The fraction of sp³-hybridized carbons (Fsp3) is 0.471. The second-order valence-corrected chi connectivity index (χ2v) is 5.74. The highest BCUT2D eigenvalue weighted by atomic mass is 16.5. The van der Waals surface area contributed by atoms with E-state index < -0.39 is 0 Å². The first-order valence-electron chi connectivity index (χ1n) is 7.84. The van der Waals surface area contributed by atoms with Gasteiger partial charge in [-0.25, -0.2) is 4.98 Å². The summed E-state index contributed by atoms with van der Waals surface area (Å²) in [6, 6.07) is 10.4. The molecule has 1 atom stereocenters. The summed E-state index contributed by atoms with van der Waals surface area (Å²) in [5.41, 5.74) is 2.18. The van der Waals surface area contributed by atoms with Gasteiger partial charge in [-0.05, 0) is 19.1 Å². The number of aromatic nitrogens is 1. The number of ether oxygens (including phenoxy) is 1. The quantitative estimate of drug-likeness (QED) is 0.877. The number of morpholine rings is 1. The number of nitrogens with one attached hydrogen (secondary N) is 1. The maximum absolute atomic E-state index is 9.42. The minimum Gasteiger partial charge on any atom is -0.392 e. The summed E-state index contributed by atoms with van der Waals surface area (Å²) in [5.74, 6) is 1.03. The van der Waals surface area contributed by atoms with Gasteiger partial charge < -0.3 is 20.1 Å². The Morgan fingerprint density at radius 3 is 2.86 bits per heavy atom. The molecule has 0 bridgehead atoms. The van der Waals surface area contributed by atoms with Gasteiger partial charge in [-0.15, -0.1) is 0 Å². The van der Waals surface area contributed by atoms with Crippen LogP contribution in [0.4, 0.5) is 5.82 Å². The Kier molecular flexibility index (Phi) is 4.87.